The first-order valence-electron chi connectivity index (χ1n) is 8.29. The Kier molecular flexibility index (Phi) is 6.75. The van der Waals surface area contributed by atoms with E-state index in [9.17, 15) is 9.90 Å². The fraction of sp³-hybridized carbons (Fsp3) is 0.368. The minimum absolute atomic E-state index is 0.168. The molecule has 1 amide bonds. The van der Waals surface area contributed by atoms with E-state index in [1.165, 1.54) is 0 Å². The molecule has 1 aromatic carbocycles. The minimum atomic E-state index is -0.739. The molecule has 5 nitrogen and oxygen atoms in total. The Morgan fingerprint density at radius 1 is 1.21 bits per heavy atom. The second kappa shape index (κ2) is 9.03. The number of hydrogen-bond donors (Lipinski definition) is 2. The highest BCUT2D eigenvalue weighted by Gasteiger charge is 2.11. The number of aliphatic hydroxyl groups excluding tert-OH is 1. The van der Waals surface area contributed by atoms with Gasteiger partial charge in [0.25, 0.3) is 5.91 Å². The van der Waals surface area contributed by atoms with Gasteiger partial charge in [-0.1, -0.05) is 13.3 Å². The first-order chi connectivity index (χ1) is 11.6. The number of carbonyl (C=O) groups excluding carboxylic acids is 1. The third-order valence-corrected chi connectivity index (χ3v) is 3.96. The maximum Gasteiger partial charge on any atom is 0.251 e. The molecule has 2 rings (SSSR count). The lowest BCUT2D eigenvalue weighted by Crippen LogP contribution is -2.28. The van der Waals surface area contributed by atoms with Gasteiger partial charge in [0, 0.05) is 43.8 Å². The van der Waals surface area contributed by atoms with Crippen LogP contribution in [0.3, 0.4) is 0 Å². The van der Waals surface area contributed by atoms with Crippen molar-refractivity contribution >= 4 is 11.6 Å². The maximum atomic E-state index is 12.2. The molecule has 5 heteroatoms. The predicted octanol–water partition coefficient (Wildman–Crippen LogP) is 2.78. The third kappa shape index (κ3) is 5.06. The van der Waals surface area contributed by atoms with Crippen molar-refractivity contribution in [2.24, 2.45) is 0 Å². The second-order valence-electron chi connectivity index (χ2n) is 5.83. The summed E-state index contributed by atoms with van der Waals surface area (Å²) >= 11 is 0. The van der Waals surface area contributed by atoms with E-state index in [1.807, 2.05) is 24.3 Å². The summed E-state index contributed by atoms with van der Waals surface area (Å²) in [5, 5.41) is 12.8. The lowest BCUT2D eigenvalue weighted by Gasteiger charge is -2.19. The van der Waals surface area contributed by atoms with Crippen LogP contribution in [0.4, 0.5) is 5.69 Å². The summed E-state index contributed by atoms with van der Waals surface area (Å²) in [6.45, 7) is 3.34. The van der Waals surface area contributed by atoms with E-state index in [0.717, 1.165) is 30.6 Å². The molecule has 1 unspecified atom stereocenters. The van der Waals surface area contributed by atoms with Crippen molar-refractivity contribution in [3.8, 4) is 0 Å². The smallest absolute Gasteiger partial charge is 0.251 e. The molecule has 2 aromatic rings. The Morgan fingerprint density at radius 3 is 2.50 bits per heavy atom. The van der Waals surface area contributed by atoms with Gasteiger partial charge in [-0.25, -0.2) is 0 Å². The average molecular weight is 327 g/mol. The number of aliphatic hydroxyl groups is 1. The molecule has 0 saturated carbocycles. The molecule has 0 saturated heterocycles. The highest BCUT2D eigenvalue weighted by atomic mass is 16.3. The van der Waals surface area contributed by atoms with Gasteiger partial charge in [-0.2, -0.15) is 0 Å². The van der Waals surface area contributed by atoms with Crippen LogP contribution in [-0.4, -0.2) is 36.1 Å². The minimum Gasteiger partial charge on any atom is -0.387 e. The number of nitrogens with zero attached hydrogens (tertiary/aromatic N) is 2. The Hall–Kier alpha value is -2.40. The summed E-state index contributed by atoms with van der Waals surface area (Å²) in [4.78, 5) is 18.3. The van der Waals surface area contributed by atoms with Gasteiger partial charge >= 0.3 is 0 Å². The first-order valence-corrected chi connectivity index (χ1v) is 8.29. The van der Waals surface area contributed by atoms with Crippen molar-refractivity contribution in [2.45, 2.75) is 25.9 Å². The summed E-state index contributed by atoms with van der Waals surface area (Å²) in [5.41, 5.74) is 2.42. The van der Waals surface area contributed by atoms with Crippen molar-refractivity contribution in [3.63, 3.8) is 0 Å². The zero-order valence-corrected chi connectivity index (χ0v) is 14.3. The molecule has 0 aliphatic rings. The molecular formula is C19H25N3O2. The van der Waals surface area contributed by atoms with E-state index >= 15 is 0 Å². The molecule has 0 fully saturated rings. The van der Waals surface area contributed by atoms with Gasteiger partial charge in [0.15, 0.2) is 0 Å². The largest absolute Gasteiger partial charge is 0.387 e. The van der Waals surface area contributed by atoms with Crippen molar-refractivity contribution < 1.29 is 9.90 Å². The number of hydrogen-bond acceptors (Lipinski definition) is 4. The van der Waals surface area contributed by atoms with Crippen LogP contribution in [0.2, 0.25) is 0 Å². The number of amides is 1. The van der Waals surface area contributed by atoms with Crippen molar-refractivity contribution in [3.05, 3.63) is 59.9 Å². The number of pyridine rings is 1. The van der Waals surface area contributed by atoms with Gasteiger partial charge in [-0.3, -0.25) is 9.78 Å². The van der Waals surface area contributed by atoms with Crippen LogP contribution in [0.1, 0.15) is 41.8 Å². The van der Waals surface area contributed by atoms with Gasteiger partial charge in [-0.05, 0) is 48.4 Å². The number of anilines is 1. The normalized spacial score (nSPS) is 11.8. The zero-order valence-electron chi connectivity index (χ0n) is 14.3. The Morgan fingerprint density at radius 2 is 1.88 bits per heavy atom. The Balaban J connectivity index is 1.88. The highest BCUT2D eigenvalue weighted by Crippen LogP contribution is 2.15. The summed E-state index contributed by atoms with van der Waals surface area (Å²) in [7, 11) is 2.05. The van der Waals surface area contributed by atoms with Crippen LogP contribution in [0.25, 0.3) is 0 Å². The van der Waals surface area contributed by atoms with Crippen molar-refractivity contribution in [1.29, 1.82) is 0 Å². The fourth-order valence-corrected chi connectivity index (χ4v) is 2.39. The molecule has 128 valence electrons. The zero-order chi connectivity index (χ0) is 17.4. The molecule has 0 spiro atoms. The lowest BCUT2D eigenvalue weighted by molar-refractivity contribution is 0.0916. The number of unbranched alkanes of at least 4 members (excludes halogenated alkanes) is 1. The molecule has 1 atom stereocenters. The van der Waals surface area contributed by atoms with Crippen molar-refractivity contribution in [2.75, 3.05) is 25.0 Å². The SMILES string of the molecule is CCCCN(C)c1ccc(C(=O)NCC(O)c2ccncc2)cc1. The van der Waals surface area contributed by atoms with Gasteiger partial charge in [-0.15, -0.1) is 0 Å². The van der Waals surface area contributed by atoms with E-state index < -0.39 is 6.10 Å². The summed E-state index contributed by atoms with van der Waals surface area (Å²) in [5.74, 6) is -0.189. The monoisotopic (exact) mass is 327 g/mol. The number of benzene rings is 1. The third-order valence-electron chi connectivity index (χ3n) is 3.96. The standard InChI is InChI=1S/C19H25N3O2/c1-3-4-13-22(2)17-7-5-16(6-8-17)19(24)21-14-18(23)15-9-11-20-12-10-15/h5-12,18,23H,3-4,13-14H2,1-2H3,(H,21,24). The van der Waals surface area contributed by atoms with Crippen LogP contribution in [0.5, 0.6) is 0 Å². The van der Waals surface area contributed by atoms with E-state index in [1.54, 1.807) is 24.5 Å². The van der Waals surface area contributed by atoms with E-state index in [-0.39, 0.29) is 12.5 Å². The summed E-state index contributed by atoms with van der Waals surface area (Å²) in [6, 6.07) is 11.0. The molecule has 2 N–H and O–H groups in total. The van der Waals surface area contributed by atoms with E-state index in [4.69, 9.17) is 0 Å². The molecule has 0 radical (unpaired) electrons. The molecule has 0 bridgehead atoms. The molecule has 24 heavy (non-hydrogen) atoms. The van der Waals surface area contributed by atoms with Crippen LogP contribution in [0.15, 0.2) is 48.8 Å². The van der Waals surface area contributed by atoms with Crippen LogP contribution >= 0.6 is 0 Å². The Bertz CT molecular complexity index is 629. The lowest BCUT2D eigenvalue weighted by atomic mass is 10.1. The molecule has 0 aliphatic carbocycles. The van der Waals surface area contributed by atoms with Gasteiger partial charge in [0.2, 0.25) is 0 Å². The van der Waals surface area contributed by atoms with Gasteiger partial charge in [0.05, 0.1) is 6.10 Å². The topological polar surface area (TPSA) is 65.5 Å². The predicted molar refractivity (Wildman–Crippen MR) is 96.2 cm³/mol. The number of aromatic nitrogens is 1. The van der Waals surface area contributed by atoms with Gasteiger partial charge < -0.3 is 15.3 Å². The summed E-state index contributed by atoms with van der Waals surface area (Å²) < 4.78 is 0. The van der Waals surface area contributed by atoms with E-state index in [2.05, 4.69) is 29.2 Å². The van der Waals surface area contributed by atoms with E-state index in [0.29, 0.717) is 5.56 Å². The van der Waals surface area contributed by atoms with Crippen molar-refractivity contribution in [1.82, 2.24) is 10.3 Å². The van der Waals surface area contributed by atoms with Gasteiger partial charge in [0.1, 0.15) is 0 Å². The maximum absolute atomic E-state index is 12.2. The fourth-order valence-electron chi connectivity index (χ4n) is 2.39. The van der Waals surface area contributed by atoms with Crippen LogP contribution in [-0.2, 0) is 0 Å². The molecule has 0 aliphatic heterocycles. The van der Waals surface area contributed by atoms with Crippen LogP contribution < -0.4 is 10.2 Å². The molecular weight excluding hydrogens is 302 g/mol. The quantitative estimate of drug-likeness (QED) is 0.782. The second-order valence-corrected chi connectivity index (χ2v) is 5.83. The number of nitrogens with one attached hydrogen (secondary N) is 1. The highest BCUT2D eigenvalue weighted by molar-refractivity contribution is 5.94. The van der Waals surface area contributed by atoms with Crippen LogP contribution in [0, 0.1) is 0 Å². The number of rotatable bonds is 8. The molecule has 1 aromatic heterocycles. The molecule has 1 heterocycles. The first kappa shape index (κ1) is 17.9. The Labute approximate surface area is 143 Å². The number of carbonyl (C=O) groups is 1. The average Bonchev–Trinajstić information content (AvgIpc) is 2.64. The summed E-state index contributed by atoms with van der Waals surface area (Å²) in [6.07, 6.45) is 4.80.